The van der Waals surface area contributed by atoms with Crippen molar-refractivity contribution in [1.29, 1.82) is 0 Å². The fourth-order valence-corrected chi connectivity index (χ4v) is 2.01. The third-order valence-electron chi connectivity index (χ3n) is 3.29. The molecule has 2 aromatic rings. The first-order valence-electron chi connectivity index (χ1n) is 6.96. The van der Waals surface area contributed by atoms with Gasteiger partial charge in [0.2, 0.25) is 0 Å². The van der Waals surface area contributed by atoms with Crippen molar-refractivity contribution in [2.24, 2.45) is 0 Å². The molecule has 8 heteroatoms. The molecule has 0 bridgehead atoms. The molecule has 0 radical (unpaired) electrons. The first kappa shape index (κ1) is 15.9. The van der Waals surface area contributed by atoms with Gasteiger partial charge in [0.1, 0.15) is 6.17 Å². The molecule has 2 aromatic heterocycles. The highest BCUT2D eigenvalue weighted by Crippen LogP contribution is 2.05. The van der Waals surface area contributed by atoms with Crippen LogP contribution in [0.2, 0.25) is 0 Å². The maximum atomic E-state index is 13.9. The van der Waals surface area contributed by atoms with E-state index in [9.17, 15) is 14.0 Å². The van der Waals surface area contributed by atoms with Gasteiger partial charge >= 0.3 is 5.97 Å². The number of alkyl halides is 1. The number of hydrogen-bond donors (Lipinski definition) is 1. The predicted octanol–water partition coefficient (Wildman–Crippen LogP) is 1.13. The summed E-state index contributed by atoms with van der Waals surface area (Å²) in [4.78, 5) is 22.4. The van der Waals surface area contributed by atoms with Gasteiger partial charge in [-0.05, 0) is 24.5 Å². The van der Waals surface area contributed by atoms with Crippen molar-refractivity contribution >= 4 is 5.97 Å². The second-order valence-corrected chi connectivity index (χ2v) is 4.94. The van der Waals surface area contributed by atoms with E-state index >= 15 is 0 Å². The highest BCUT2D eigenvalue weighted by Gasteiger charge is 2.13. The molecule has 2 heterocycles. The zero-order valence-electron chi connectivity index (χ0n) is 12.1. The minimum absolute atomic E-state index is 0.0952. The average Bonchev–Trinajstić information content (AvgIpc) is 2.94. The monoisotopic (exact) mass is 308 g/mol. The standard InChI is InChI=1S/C14H17FN4O3/c1-2-10-3-5-18(13(20)7-10)6-4-11(15)8-19-9-12(14(21)22)16-17-19/h3,5,7,9,11H,2,4,6,8H2,1H3,(H,21,22). The van der Waals surface area contributed by atoms with Crippen LogP contribution in [-0.4, -0.2) is 36.8 Å². The third-order valence-corrected chi connectivity index (χ3v) is 3.29. The van der Waals surface area contributed by atoms with E-state index in [0.29, 0.717) is 0 Å². The number of carbonyl (C=O) groups is 1. The van der Waals surface area contributed by atoms with Crippen LogP contribution in [0.4, 0.5) is 4.39 Å². The number of nitrogens with zero attached hydrogens (tertiary/aromatic N) is 4. The molecule has 0 fully saturated rings. The number of rotatable bonds is 7. The Bertz CT molecular complexity index is 710. The van der Waals surface area contributed by atoms with Crippen molar-refractivity contribution in [3.05, 3.63) is 46.1 Å². The summed E-state index contributed by atoms with van der Waals surface area (Å²) in [6.45, 7) is 2.12. The smallest absolute Gasteiger partial charge is 0.358 e. The van der Waals surface area contributed by atoms with E-state index in [2.05, 4.69) is 10.3 Å². The van der Waals surface area contributed by atoms with Crippen molar-refractivity contribution in [1.82, 2.24) is 19.6 Å². The zero-order chi connectivity index (χ0) is 16.1. The van der Waals surface area contributed by atoms with Gasteiger partial charge in [-0.1, -0.05) is 12.1 Å². The van der Waals surface area contributed by atoms with Gasteiger partial charge in [0, 0.05) is 18.8 Å². The van der Waals surface area contributed by atoms with Crippen LogP contribution in [0.5, 0.6) is 0 Å². The lowest BCUT2D eigenvalue weighted by Crippen LogP contribution is -2.22. The fourth-order valence-electron chi connectivity index (χ4n) is 2.01. The van der Waals surface area contributed by atoms with Crippen molar-refractivity contribution in [2.75, 3.05) is 0 Å². The van der Waals surface area contributed by atoms with Crippen molar-refractivity contribution < 1.29 is 14.3 Å². The summed E-state index contributed by atoms with van der Waals surface area (Å²) in [6, 6.07) is 3.38. The van der Waals surface area contributed by atoms with E-state index in [0.717, 1.165) is 16.7 Å². The first-order chi connectivity index (χ1) is 10.5. The van der Waals surface area contributed by atoms with Crippen LogP contribution >= 0.6 is 0 Å². The number of aromatic nitrogens is 4. The van der Waals surface area contributed by atoms with E-state index in [1.807, 2.05) is 13.0 Å². The molecule has 0 aromatic carbocycles. The molecule has 0 saturated carbocycles. The average molecular weight is 308 g/mol. The van der Waals surface area contributed by atoms with Crippen molar-refractivity contribution in [3.8, 4) is 0 Å². The van der Waals surface area contributed by atoms with Crippen molar-refractivity contribution in [3.63, 3.8) is 0 Å². The summed E-state index contributed by atoms with van der Waals surface area (Å²) in [5, 5.41) is 15.7. The SMILES string of the molecule is CCc1ccn(CCC(F)Cn2cc(C(=O)O)nn2)c(=O)c1. The van der Waals surface area contributed by atoms with Gasteiger partial charge in [-0.2, -0.15) is 0 Å². The maximum Gasteiger partial charge on any atom is 0.358 e. The normalized spacial score (nSPS) is 12.3. The Morgan fingerprint density at radius 1 is 1.50 bits per heavy atom. The van der Waals surface area contributed by atoms with Crippen LogP contribution in [0.3, 0.4) is 0 Å². The topological polar surface area (TPSA) is 90.0 Å². The number of carboxylic acid groups (broad SMARTS) is 1. The number of carboxylic acids is 1. The Balaban J connectivity index is 1.90. The van der Waals surface area contributed by atoms with E-state index in [1.165, 1.54) is 10.8 Å². The molecule has 118 valence electrons. The van der Waals surface area contributed by atoms with Gasteiger partial charge in [-0.25, -0.2) is 13.9 Å². The Labute approximate surface area is 126 Å². The van der Waals surface area contributed by atoms with Gasteiger partial charge in [-0.3, -0.25) is 4.79 Å². The Hall–Kier alpha value is -2.51. The predicted molar refractivity (Wildman–Crippen MR) is 76.6 cm³/mol. The summed E-state index contributed by atoms with van der Waals surface area (Å²) in [6.07, 6.45) is 2.50. The molecule has 1 atom stereocenters. The molecule has 1 N–H and O–H groups in total. The first-order valence-corrected chi connectivity index (χ1v) is 6.96. The van der Waals surface area contributed by atoms with Crippen LogP contribution in [-0.2, 0) is 19.5 Å². The lowest BCUT2D eigenvalue weighted by Gasteiger charge is -2.10. The van der Waals surface area contributed by atoms with Crippen molar-refractivity contribution in [2.45, 2.75) is 39.0 Å². The molecule has 0 aliphatic heterocycles. The summed E-state index contributed by atoms with van der Waals surface area (Å²) in [5.41, 5.74) is 0.570. The minimum Gasteiger partial charge on any atom is -0.476 e. The fraction of sp³-hybridized carbons (Fsp3) is 0.429. The molecule has 0 spiro atoms. The number of pyridine rings is 1. The van der Waals surface area contributed by atoms with Gasteiger partial charge < -0.3 is 9.67 Å². The molecule has 22 heavy (non-hydrogen) atoms. The molecule has 0 aliphatic carbocycles. The van der Waals surface area contributed by atoms with E-state index < -0.39 is 12.1 Å². The maximum absolute atomic E-state index is 13.9. The molecule has 2 rings (SSSR count). The second-order valence-electron chi connectivity index (χ2n) is 4.94. The van der Waals surface area contributed by atoms with Gasteiger partial charge in [0.15, 0.2) is 5.69 Å². The van der Waals surface area contributed by atoms with E-state index in [-0.39, 0.29) is 30.8 Å². The van der Waals surface area contributed by atoms with Crippen LogP contribution < -0.4 is 5.56 Å². The largest absolute Gasteiger partial charge is 0.476 e. The zero-order valence-corrected chi connectivity index (χ0v) is 12.1. The van der Waals surface area contributed by atoms with Gasteiger partial charge in [0.05, 0.1) is 12.7 Å². The molecule has 0 amide bonds. The lowest BCUT2D eigenvalue weighted by molar-refractivity contribution is 0.0690. The van der Waals surface area contributed by atoms with Crippen LogP contribution in [0, 0.1) is 0 Å². The van der Waals surface area contributed by atoms with E-state index in [4.69, 9.17) is 5.11 Å². The summed E-state index contributed by atoms with van der Waals surface area (Å²) < 4.78 is 16.5. The highest BCUT2D eigenvalue weighted by atomic mass is 19.1. The third kappa shape index (κ3) is 4.00. The summed E-state index contributed by atoms with van der Waals surface area (Å²) >= 11 is 0. The van der Waals surface area contributed by atoms with Gasteiger partial charge in [0.25, 0.3) is 5.56 Å². The number of hydrogen-bond acceptors (Lipinski definition) is 4. The minimum atomic E-state index is -1.25. The molecule has 1 unspecified atom stereocenters. The van der Waals surface area contributed by atoms with Gasteiger partial charge in [-0.15, -0.1) is 5.10 Å². The molecule has 7 nitrogen and oxygen atoms in total. The number of aryl methyl sites for hydroxylation is 2. The van der Waals surface area contributed by atoms with Crippen LogP contribution in [0.25, 0.3) is 0 Å². The number of halogens is 1. The Morgan fingerprint density at radius 2 is 2.27 bits per heavy atom. The molecular weight excluding hydrogens is 291 g/mol. The quantitative estimate of drug-likeness (QED) is 0.828. The molecule has 0 aliphatic rings. The Morgan fingerprint density at radius 3 is 2.86 bits per heavy atom. The Kier molecular flexibility index (Phi) is 5.03. The van der Waals surface area contributed by atoms with Crippen LogP contribution in [0.15, 0.2) is 29.3 Å². The summed E-state index contributed by atoms with van der Waals surface area (Å²) in [5.74, 6) is -1.20. The second kappa shape index (κ2) is 6.97. The lowest BCUT2D eigenvalue weighted by atomic mass is 10.2. The van der Waals surface area contributed by atoms with E-state index in [1.54, 1.807) is 12.3 Å². The molecular formula is C14H17FN4O3. The summed E-state index contributed by atoms with van der Waals surface area (Å²) in [7, 11) is 0. The highest BCUT2D eigenvalue weighted by molar-refractivity contribution is 5.84. The number of aromatic carboxylic acids is 1. The van der Waals surface area contributed by atoms with Crippen LogP contribution in [0.1, 0.15) is 29.4 Å². The molecule has 0 saturated heterocycles.